The Morgan fingerprint density at radius 3 is 2.86 bits per heavy atom. The van der Waals surface area contributed by atoms with Gasteiger partial charge in [-0.05, 0) is 11.6 Å². The maximum absolute atomic E-state index is 13.0. The van der Waals surface area contributed by atoms with Crippen molar-refractivity contribution in [3.05, 3.63) is 54.3 Å². The van der Waals surface area contributed by atoms with Crippen molar-refractivity contribution in [1.82, 2.24) is 19.7 Å². The largest absolute Gasteiger partial charge is 0.351 e. The van der Waals surface area contributed by atoms with Crippen molar-refractivity contribution in [3.8, 4) is 5.82 Å². The summed E-state index contributed by atoms with van der Waals surface area (Å²) in [7, 11) is 0. The Kier molecular flexibility index (Phi) is 3.62. The third-order valence-electron chi connectivity index (χ3n) is 3.87. The van der Waals surface area contributed by atoms with Gasteiger partial charge >= 0.3 is 6.03 Å². The number of halogens is 1. The van der Waals surface area contributed by atoms with Crippen LogP contribution < -0.4 is 5.73 Å². The van der Waals surface area contributed by atoms with Gasteiger partial charge in [-0.15, -0.1) is 0 Å². The zero-order chi connectivity index (χ0) is 15.7. The maximum atomic E-state index is 13.0. The fraction of sp³-hybridized carbons (Fsp3) is 0.267. The van der Waals surface area contributed by atoms with E-state index in [2.05, 4.69) is 10.1 Å². The van der Waals surface area contributed by atoms with E-state index < -0.39 is 11.8 Å². The van der Waals surface area contributed by atoms with Crippen LogP contribution in [-0.2, 0) is 0 Å². The van der Waals surface area contributed by atoms with E-state index in [9.17, 15) is 9.18 Å². The van der Waals surface area contributed by atoms with Crippen LogP contribution in [0.3, 0.4) is 0 Å². The van der Waals surface area contributed by atoms with Crippen molar-refractivity contribution in [1.29, 1.82) is 0 Å². The lowest BCUT2D eigenvalue weighted by Crippen LogP contribution is -2.42. The van der Waals surface area contributed by atoms with Crippen LogP contribution in [0, 0.1) is 5.82 Å². The summed E-state index contributed by atoms with van der Waals surface area (Å²) in [6, 6.07) is 3.16. The predicted octanol–water partition coefficient (Wildman–Crippen LogP) is 1.83. The first-order valence-electron chi connectivity index (χ1n) is 6.95. The molecule has 3 heterocycles. The molecule has 0 bridgehead atoms. The second-order valence-electron chi connectivity index (χ2n) is 5.25. The highest BCUT2D eigenvalue weighted by Crippen LogP contribution is 2.27. The number of nitrogens with zero attached hydrogens (tertiary/aromatic N) is 4. The van der Waals surface area contributed by atoms with Gasteiger partial charge in [0.25, 0.3) is 0 Å². The molecule has 2 amide bonds. The molecule has 2 aromatic rings. The van der Waals surface area contributed by atoms with E-state index in [4.69, 9.17) is 5.73 Å². The highest BCUT2D eigenvalue weighted by Gasteiger charge is 2.28. The molecule has 2 unspecified atom stereocenters. The zero-order valence-corrected chi connectivity index (χ0v) is 12.1. The minimum atomic E-state index is -0.432. The SMILES string of the molecule is CC(c1ccc(-n2cc(F)cn2)nc1)C1C=CCN1C(N)=O. The Morgan fingerprint density at radius 1 is 1.45 bits per heavy atom. The molecule has 0 fully saturated rings. The van der Waals surface area contributed by atoms with E-state index in [1.165, 1.54) is 10.9 Å². The van der Waals surface area contributed by atoms with Crippen LogP contribution in [0.2, 0.25) is 0 Å². The molecule has 3 rings (SSSR count). The number of hydrogen-bond donors (Lipinski definition) is 1. The molecule has 0 saturated carbocycles. The lowest BCUT2D eigenvalue weighted by Gasteiger charge is -2.28. The summed E-state index contributed by atoms with van der Waals surface area (Å²) in [4.78, 5) is 17.3. The number of nitrogens with two attached hydrogens (primary N) is 1. The number of amides is 2. The Balaban J connectivity index is 1.80. The number of urea groups is 1. The quantitative estimate of drug-likeness (QED) is 0.879. The highest BCUT2D eigenvalue weighted by atomic mass is 19.1. The van der Waals surface area contributed by atoms with E-state index in [1.807, 2.05) is 25.1 Å². The number of pyridine rings is 1. The fourth-order valence-corrected chi connectivity index (χ4v) is 2.64. The molecule has 22 heavy (non-hydrogen) atoms. The van der Waals surface area contributed by atoms with Gasteiger partial charge in [0.05, 0.1) is 18.4 Å². The van der Waals surface area contributed by atoms with E-state index in [-0.39, 0.29) is 12.0 Å². The van der Waals surface area contributed by atoms with E-state index in [0.29, 0.717) is 12.4 Å². The van der Waals surface area contributed by atoms with Gasteiger partial charge in [0, 0.05) is 18.7 Å². The van der Waals surface area contributed by atoms with Crippen LogP contribution in [0.15, 0.2) is 42.9 Å². The summed E-state index contributed by atoms with van der Waals surface area (Å²) in [6.45, 7) is 2.54. The molecule has 0 aliphatic carbocycles. The van der Waals surface area contributed by atoms with E-state index in [0.717, 1.165) is 11.8 Å². The molecule has 2 atom stereocenters. The molecule has 2 aromatic heterocycles. The first kappa shape index (κ1) is 14.2. The summed E-state index contributed by atoms with van der Waals surface area (Å²) in [6.07, 6.45) is 8.02. The monoisotopic (exact) mass is 301 g/mol. The average molecular weight is 301 g/mol. The topological polar surface area (TPSA) is 77.0 Å². The molecule has 0 aromatic carbocycles. The van der Waals surface area contributed by atoms with E-state index >= 15 is 0 Å². The zero-order valence-electron chi connectivity index (χ0n) is 12.1. The molecule has 114 valence electrons. The van der Waals surface area contributed by atoms with Gasteiger partial charge in [-0.25, -0.2) is 18.9 Å². The van der Waals surface area contributed by atoms with Gasteiger partial charge in [0.1, 0.15) is 0 Å². The standard InChI is InChI=1S/C15H16FN5O/c1-10(13-3-2-6-20(13)15(17)22)11-4-5-14(18-7-11)21-9-12(16)8-19-21/h2-5,7-10,13H,6H2,1H3,(H2,17,22). The summed E-state index contributed by atoms with van der Waals surface area (Å²) in [5, 5.41) is 3.87. The van der Waals surface area contributed by atoms with Crippen molar-refractivity contribution in [2.75, 3.05) is 6.54 Å². The van der Waals surface area contributed by atoms with Crippen LogP contribution in [0.1, 0.15) is 18.4 Å². The minimum Gasteiger partial charge on any atom is -0.351 e. The maximum Gasteiger partial charge on any atom is 0.315 e. The number of aromatic nitrogens is 3. The van der Waals surface area contributed by atoms with Crippen LogP contribution in [-0.4, -0.2) is 38.3 Å². The Hall–Kier alpha value is -2.70. The van der Waals surface area contributed by atoms with E-state index in [1.54, 1.807) is 17.2 Å². The first-order valence-corrected chi connectivity index (χ1v) is 6.95. The molecular weight excluding hydrogens is 285 g/mol. The fourth-order valence-electron chi connectivity index (χ4n) is 2.64. The first-order chi connectivity index (χ1) is 10.6. The molecule has 0 radical (unpaired) electrons. The van der Waals surface area contributed by atoms with Crippen molar-refractivity contribution in [2.45, 2.75) is 18.9 Å². The summed E-state index contributed by atoms with van der Waals surface area (Å²) >= 11 is 0. The second kappa shape index (κ2) is 5.59. The number of carbonyl (C=O) groups is 1. The van der Waals surface area contributed by atoms with Crippen molar-refractivity contribution in [3.63, 3.8) is 0 Å². The Morgan fingerprint density at radius 2 is 2.27 bits per heavy atom. The summed E-state index contributed by atoms with van der Waals surface area (Å²) < 4.78 is 14.3. The lowest BCUT2D eigenvalue weighted by atomic mass is 9.94. The van der Waals surface area contributed by atoms with Crippen molar-refractivity contribution < 1.29 is 9.18 Å². The minimum absolute atomic E-state index is 0.0576. The molecule has 7 heteroatoms. The van der Waals surface area contributed by atoms with Crippen LogP contribution in [0.25, 0.3) is 5.82 Å². The normalized spacial score (nSPS) is 18.6. The summed E-state index contributed by atoms with van der Waals surface area (Å²) in [5.41, 5.74) is 6.36. The predicted molar refractivity (Wildman–Crippen MR) is 78.9 cm³/mol. The lowest BCUT2D eigenvalue weighted by molar-refractivity contribution is 0.201. The van der Waals surface area contributed by atoms with Gasteiger partial charge in [0.15, 0.2) is 11.6 Å². The molecule has 2 N–H and O–H groups in total. The molecule has 1 aliphatic rings. The van der Waals surface area contributed by atoms with Gasteiger partial charge < -0.3 is 10.6 Å². The number of primary amides is 1. The molecule has 1 aliphatic heterocycles. The number of hydrogen-bond acceptors (Lipinski definition) is 3. The Labute approximate surface area is 127 Å². The summed E-state index contributed by atoms with van der Waals surface area (Å²) in [5.74, 6) is 0.183. The highest BCUT2D eigenvalue weighted by molar-refractivity contribution is 5.73. The number of carbonyl (C=O) groups excluding carboxylic acids is 1. The van der Waals surface area contributed by atoms with Crippen molar-refractivity contribution >= 4 is 6.03 Å². The van der Waals surface area contributed by atoms with Gasteiger partial charge in [-0.1, -0.05) is 25.1 Å². The average Bonchev–Trinajstić information content (AvgIpc) is 3.15. The number of rotatable bonds is 3. The smallest absolute Gasteiger partial charge is 0.315 e. The third kappa shape index (κ3) is 2.57. The van der Waals surface area contributed by atoms with Gasteiger partial charge in [0.2, 0.25) is 0 Å². The molecule has 0 spiro atoms. The Bertz CT molecular complexity index is 709. The van der Waals surface area contributed by atoms with Crippen LogP contribution >= 0.6 is 0 Å². The molecular formula is C15H16FN5O. The third-order valence-corrected chi connectivity index (χ3v) is 3.87. The van der Waals surface area contributed by atoms with Gasteiger partial charge in [-0.2, -0.15) is 5.10 Å². The second-order valence-corrected chi connectivity index (χ2v) is 5.25. The van der Waals surface area contributed by atoms with Crippen LogP contribution in [0.4, 0.5) is 9.18 Å². The molecule has 0 saturated heterocycles. The van der Waals surface area contributed by atoms with Crippen molar-refractivity contribution in [2.24, 2.45) is 5.73 Å². The van der Waals surface area contributed by atoms with Crippen LogP contribution in [0.5, 0.6) is 0 Å². The molecule has 6 nitrogen and oxygen atoms in total. The van der Waals surface area contributed by atoms with Gasteiger partial charge in [-0.3, -0.25) is 0 Å².